The summed E-state index contributed by atoms with van der Waals surface area (Å²) < 4.78 is 48.3. The third-order valence-corrected chi connectivity index (χ3v) is 16.5. The molecule has 19 nitrogen and oxygen atoms in total. The number of ether oxygens (including phenoxy) is 1. The van der Waals surface area contributed by atoms with Gasteiger partial charge < -0.3 is 44.6 Å². The summed E-state index contributed by atoms with van der Waals surface area (Å²) in [6.45, 7) is 6.64. The van der Waals surface area contributed by atoms with Crippen LogP contribution >= 0.6 is 105 Å². The van der Waals surface area contributed by atoms with Crippen molar-refractivity contribution >= 4 is 133 Å². The molecular weight excluding hydrogens is 1280 g/mol. The zero-order valence-corrected chi connectivity index (χ0v) is 54.8. The number of benzene rings is 2. The summed E-state index contributed by atoms with van der Waals surface area (Å²) in [4.78, 5) is 43.9. The molecule has 2 aliphatic heterocycles. The van der Waals surface area contributed by atoms with Crippen molar-refractivity contribution in [3.8, 4) is 22.5 Å². The Bertz CT molecular complexity index is 3270. The van der Waals surface area contributed by atoms with E-state index in [1.54, 1.807) is 69.9 Å². The highest BCUT2D eigenvalue weighted by Crippen LogP contribution is 2.40. The molecule has 2 saturated heterocycles. The van der Waals surface area contributed by atoms with E-state index < -0.39 is 39.8 Å². The van der Waals surface area contributed by atoms with Gasteiger partial charge in [0.2, 0.25) is 10.4 Å². The van der Waals surface area contributed by atoms with Crippen LogP contribution in [0.15, 0.2) is 69.8 Å². The predicted octanol–water partition coefficient (Wildman–Crippen LogP) is 12.3. The second-order valence-electron chi connectivity index (χ2n) is 21.0. The summed E-state index contributed by atoms with van der Waals surface area (Å²) in [6.07, 6.45) is 5.63. The number of hydrogen-bond acceptors (Lipinski definition) is 14. The number of halogens is 9. The summed E-state index contributed by atoms with van der Waals surface area (Å²) in [6, 6.07) is 12.8. The van der Waals surface area contributed by atoms with E-state index in [2.05, 4.69) is 50.5 Å². The SMILES string of the molecule is CN(C)CCC1C[C@@H](c2ccc(Cl)c(Cl)c2)[C@H](NC(=O)c2cc(-c3c(Cl)cnn3C)c(Cl)o2)CN1.CNC.Cl.Cn1ncc(Cl)c1-c1cc(C(=O)N[C@@H]2CN(C(=O)OC(C)(C)C)C(CCOS(C)(=O)=O)C[C@H]2c2ccc(Cl)c(Cl)c2)oc1Cl. The lowest BCUT2D eigenvalue weighted by Crippen LogP contribution is -2.58. The molecule has 83 heavy (non-hydrogen) atoms. The molecular formula is C54H67Cl9N10O9S. The molecule has 2 aliphatic rings. The Balaban J connectivity index is 0.000000293. The minimum atomic E-state index is -3.71. The van der Waals surface area contributed by atoms with Gasteiger partial charge in [0.05, 0.1) is 83.9 Å². The van der Waals surface area contributed by atoms with Crippen molar-refractivity contribution in [2.45, 2.75) is 88.1 Å². The average Bonchev–Trinajstić information content (AvgIpc) is 3.60. The number of piperidine rings is 2. The maximum atomic E-state index is 13.6. The van der Waals surface area contributed by atoms with Crippen molar-refractivity contribution in [2.75, 3.05) is 60.7 Å². The number of likely N-dealkylation sites (tertiary alicyclic amines) is 1. The maximum absolute atomic E-state index is 13.6. The minimum Gasteiger partial charge on any atom is -0.444 e. The third kappa shape index (κ3) is 19.0. The molecule has 0 spiro atoms. The smallest absolute Gasteiger partial charge is 0.410 e. The van der Waals surface area contributed by atoms with Crippen molar-refractivity contribution in [1.82, 2.24) is 50.6 Å². The van der Waals surface area contributed by atoms with Crippen LogP contribution in [0.4, 0.5) is 4.79 Å². The van der Waals surface area contributed by atoms with Gasteiger partial charge in [-0.05, 0) is 140 Å². The molecule has 0 aliphatic carbocycles. The molecule has 4 N–H and O–H groups in total. The van der Waals surface area contributed by atoms with Gasteiger partial charge in [-0.1, -0.05) is 81.7 Å². The van der Waals surface area contributed by atoms with E-state index >= 15 is 0 Å². The van der Waals surface area contributed by atoms with Crippen LogP contribution in [0.2, 0.25) is 40.6 Å². The fraction of sp³-hybridized carbons (Fsp3) is 0.463. The number of rotatable bonds is 15. The van der Waals surface area contributed by atoms with Crippen molar-refractivity contribution in [1.29, 1.82) is 0 Å². The van der Waals surface area contributed by atoms with E-state index in [0.717, 1.165) is 36.8 Å². The van der Waals surface area contributed by atoms with E-state index in [0.29, 0.717) is 71.7 Å². The molecule has 2 aromatic carbocycles. The lowest BCUT2D eigenvalue weighted by molar-refractivity contribution is 0.000603. The molecule has 456 valence electrons. The average molecular weight is 1350 g/mol. The first-order chi connectivity index (χ1) is 38.5. The van der Waals surface area contributed by atoms with Crippen molar-refractivity contribution < 1.29 is 40.6 Å². The van der Waals surface area contributed by atoms with Crippen LogP contribution in [-0.2, 0) is 33.1 Å². The Kier molecular flexibility index (Phi) is 25.7. The van der Waals surface area contributed by atoms with Crippen molar-refractivity contribution in [3.63, 3.8) is 0 Å². The number of aryl methyl sites for hydroxylation is 2. The first-order valence-corrected chi connectivity index (χ1v) is 30.6. The van der Waals surface area contributed by atoms with Crippen LogP contribution in [0, 0.1) is 0 Å². The number of carbonyl (C=O) groups is 3. The largest absolute Gasteiger partial charge is 0.444 e. The number of amides is 3. The molecule has 29 heteroatoms. The van der Waals surface area contributed by atoms with Crippen LogP contribution in [0.25, 0.3) is 22.5 Å². The zero-order valence-electron chi connectivity index (χ0n) is 47.1. The van der Waals surface area contributed by atoms with Crippen LogP contribution in [0.1, 0.15) is 90.5 Å². The van der Waals surface area contributed by atoms with Gasteiger partial charge in [-0.3, -0.25) is 23.1 Å². The van der Waals surface area contributed by atoms with Crippen molar-refractivity contribution in [3.05, 3.63) is 124 Å². The topological polar surface area (TPSA) is 220 Å². The number of furan rings is 2. The van der Waals surface area contributed by atoms with Gasteiger partial charge in [0.15, 0.2) is 11.5 Å². The molecule has 2 fully saturated rings. The number of carbonyl (C=O) groups excluding carboxylic acids is 3. The van der Waals surface area contributed by atoms with Gasteiger partial charge in [0.25, 0.3) is 21.9 Å². The fourth-order valence-corrected chi connectivity index (χ4v) is 11.6. The Morgan fingerprint density at radius 3 is 1.61 bits per heavy atom. The van der Waals surface area contributed by atoms with E-state index in [9.17, 15) is 22.8 Å². The number of aromatic nitrogens is 4. The van der Waals surface area contributed by atoms with Crippen molar-refractivity contribution in [2.24, 2.45) is 14.1 Å². The van der Waals surface area contributed by atoms with Gasteiger partial charge in [-0.15, -0.1) is 12.4 Å². The monoisotopic (exact) mass is 1350 g/mol. The molecule has 2 unspecified atom stereocenters. The molecule has 6 atom stereocenters. The van der Waals surface area contributed by atoms with Gasteiger partial charge in [0, 0.05) is 69.3 Å². The number of hydrogen-bond donors (Lipinski definition) is 4. The second-order valence-corrected chi connectivity index (χ2v) is 25.8. The standard InChI is InChI=1S/C28H32Cl4N4O7S.C24H27Cl4N5O2.C2H7N.ClH/c1-28(2,3)43-27(38)36-14-22(34-26(37)23-12-18(25(32)42-23)24-21(31)13-33-35(24)4)17(15-6-7-19(29)20(30)10-15)11-16(36)8-9-41-44(5,39)40;1-32(2)7-6-14-9-15(13-4-5-17(25)18(26)8-13)20(12-29-14)31-24(34)21-10-16(23(28)35-21)22-19(27)11-30-33(22)3;1-3-2;/h6-7,10,12-13,16-17,22H,8-9,11,14H2,1-5H3,(H,34,37);4-5,8,10-11,14-15,20,29H,6-7,9,12H2,1-3H3,(H,31,34);3H,1-2H3;1H/t16?,17-,22+;14?,15-,20+;;/m00../s1. The highest BCUT2D eigenvalue weighted by atomic mass is 35.5. The van der Waals surface area contributed by atoms with Crippen LogP contribution < -0.4 is 21.3 Å². The lowest BCUT2D eigenvalue weighted by atomic mass is 9.81. The number of nitrogens with one attached hydrogen (secondary N) is 4. The maximum Gasteiger partial charge on any atom is 0.410 e. The molecule has 8 rings (SSSR count). The summed E-state index contributed by atoms with van der Waals surface area (Å²) in [5.41, 5.74) is 2.92. The second kappa shape index (κ2) is 30.6. The first-order valence-electron chi connectivity index (χ1n) is 25.8. The Labute approximate surface area is 530 Å². The highest BCUT2D eigenvalue weighted by Gasteiger charge is 2.42. The first kappa shape index (κ1) is 69.8. The highest BCUT2D eigenvalue weighted by molar-refractivity contribution is 7.86. The molecule has 3 amide bonds. The van der Waals surface area contributed by atoms with E-state index in [1.165, 1.54) is 28.0 Å². The summed E-state index contributed by atoms with van der Waals surface area (Å²) in [7, 11) is 7.58. The van der Waals surface area contributed by atoms with Gasteiger partial charge in [-0.25, -0.2) is 4.79 Å². The Hall–Kier alpha value is -3.97. The van der Waals surface area contributed by atoms with Gasteiger partial charge >= 0.3 is 6.09 Å². The van der Waals surface area contributed by atoms with Gasteiger partial charge in [-0.2, -0.15) is 18.6 Å². The molecule has 6 heterocycles. The fourth-order valence-electron chi connectivity index (χ4n) is 9.56. The van der Waals surface area contributed by atoms with Crippen LogP contribution in [-0.4, -0.2) is 146 Å². The molecule has 0 saturated carbocycles. The van der Waals surface area contributed by atoms with Crippen LogP contribution in [0.3, 0.4) is 0 Å². The van der Waals surface area contributed by atoms with E-state index in [4.69, 9.17) is 111 Å². The molecule has 0 radical (unpaired) electrons. The van der Waals surface area contributed by atoms with E-state index in [-0.39, 0.29) is 77.7 Å². The molecule has 4 aromatic heterocycles. The summed E-state index contributed by atoms with van der Waals surface area (Å²) in [5.74, 6) is -1.27. The van der Waals surface area contributed by atoms with E-state index in [1.807, 2.05) is 26.2 Å². The lowest BCUT2D eigenvalue weighted by Gasteiger charge is -2.44. The Morgan fingerprint density at radius 2 is 1.19 bits per heavy atom. The Morgan fingerprint density at radius 1 is 0.723 bits per heavy atom. The minimum absolute atomic E-state index is 0. The quantitative estimate of drug-likeness (QED) is 0.0703. The third-order valence-electron chi connectivity index (χ3n) is 13.3. The molecule has 6 aromatic rings. The summed E-state index contributed by atoms with van der Waals surface area (Å²) in [5, 5.41) is 23.1. The van der Waals surface area contributed by atoms with Gasteiger partial charge in [0.1, 0.15) is 5.60 Å². The van der Waals surface area contributed by atoms with Crippen LogP contribution in [0.5, 0.6) is 0 Å². The summed E-state index contributed by atoms with van der Waals surface area (Å²) >= 11 is 50.2. The normalized spacial score (nSPS) is 19.0. The zero-order chi connectivity index (χ0) is 60.5. The predicted molar refractivity (Wildman–Crippen MR) is 331 cm³/mol. The molecule has 0 bridgehead atoms. The number of nitrogens with zero attached hydrogens (tertiary/aromatic N) is 6.